The van der Waals surface area contributed by atoms with Crippen LogP contribution in [0.2, 0.25) is 0 Å². The average molecular weight is 408 g/mol. The maximum atomic E-state index is 7.80. The molecule has 0 heterocycles. The minimum Gasteiger partial charge on any atom is -1.00 e. The molecule has 0 amide bonds. The summed E-state index contributed by atoms with van der Waals surface area (Å²) in [5.41, 5.74) is 10.6. The summed E-state index contributed by atoms with van der Waals surface area (Å²) < 4.78 is 0. The first-order valence-corrected chi connectivity index (χ1v) is 9.15. The largest absolute Gasteiger partial charge is 4.00 e. The summed E-state index contributed by atoms with van der Waals surface area (Å²) in [6.45, 7) is 4.30. The Morgan fingerprint density at radius 2 is 1.29 bits per heavy atom. The van der Waals surface area contributed by atoms with Gasteiger partial charge in [0.05, 0.1) is 0 Å². The fourth-order valence-corrected chi connectivity index (χ4v) is 3.01. The number of nitrogens with one attached hydrogen (secondary N) is 1. The van der Waals surface area contributed by atoms with Gasteiger partial charge < -0.3 is 30.5 Å². The molecule has 0 unspecified atom stereocenters. The smallest absolute Gasteiger partial charge is 1.00 e. The van der Waals surface area contributed by atoms with Gasteiger partial charge in [-0.3, -0.25) is 0 Å². The molecule has 0 bridgehead atoms. The van der Waals surface area contributed by atoms with Crippen LogP contribution in [0.15, 0.2) is 18.2 Å². The van der Waals surface area contributed by atoms with Gasteiger partial charge in [0.1, 0.15) is 0 Å². The number of hydrogen-bond acceptors (Lipinski definition) is 0. The van der Waals surface area contributed by atoms with Crippen molar-refractivity contribution in [1.29, 1.82) is 0 Å². The van der Waals surface area contributed by atoms with Crippen LogP contribution in [0, 0.1) is 6.92 Å². The van der Waals surface area contributed by atoms with Gasteiger partial charge in [0, 0.05) is 0 Å². The molecule has 138 valence electrons. The van der Waals surface area contributed by atoms with E-state index in [9.17, 15) is 0 Å². The molecule has 2 rings (SSSR count). The topological polar surface area (TPSA) is 23.8 Å². The van der Waals surface area contributed by atoms with Crippen LogP contribution < -0.4 is 24.8 Å². The summed E-state index contributed by atoms with van der Waals surface area (Å²) in [5.74, 6) is 0. The third-order valence-electron chi connectivity index (χ3n) is 4.49. The number of rotatable bonds is 1. The molecule has 1 aromatic rings. The standard InChI is InChI=1S/C12H24N.C8H11.2ClH.Ti/c13-12-10-8-6-4-2-1-3-5-7-9-11-12;1-3-8-5-4-7(2)6-8;;;/h12-13H,1-11H2;4-6H,3H2,1-2H3;2*1H;/q2*-1;;;+4/p-2. The van der Waals surface area contributed by atoms with E-state index in [1.54, 1.807) is 0 Å². The van der Waals surface area contributed by atoms with Crippen LogP contribution >= 0.6 is 0 Å². The summed E-state index contributed by atoms with van der Waals surface area (Å²) in [5, 5.41) is 0. The third kappa shape index (κ3) is 16.1. The Kier molecular flexibility index (Phi) is 24.4. The van der Waals surface area contributed by atoms with Crippen molar-refractivity contribution in [3.63, 3.8) is 0 Å². The average Bonchev–Trinajstić information content (AvgIpc) is 2.89. The van der Waals surface area contributed by atoms with E-state index in [0.717, 1.165) is 19.3 Å². The Morgan fingerprint density at radius 3 is 1.58 bits per heavy atom. The minimum atomic E-state index is 0. The maximum absolute atomic E-state index is 7.80. The van der Waals surface area contributed by atoms with Crippen molar-refractivity contribution in [1.82, 2.24) is 0 Å². The number of halogens is 2. The van der Waals surface area contributed by atoms with Gasteiger partial charge in [0.25, 0.3) is 0 Å². The first kappa shape index (κ1) is 29.4. The van der Waals surface area contributed by atoms with E-state index in [1.807, 2.05) is 0 Å². The molecule has 1 aromatic carbocycles. The molecule has 0 spiro atoms. The zero-order valence-corrected chi connectivity index (χ0v) is 18.6. The molecule has 1 aliphatic carbocycles. The molecular weight excluding hydrogens is 373 g/mol. The third-order valence-corrected chi connectivity index (χ3v) is 4.49. The van der Waals surface area contributed by atoms with Gasteiger partial charge in [-0.2, -0.15) is 17.2 Å². The zero-order chi connectivity index (χ0) is 15.3. The van der Waals surface area contributed by atoms with Gasteiger partial charge in [0.15, 0.2) is 0 Å². The van der Waals surface area contributed by atoms with E-state index in [2.05, 4.69) is 32.0 Å². The van der Waals surface area contributed by atoms with E-state index >= 15 is 0 Å². The molecule has 1 fully saturated rings. The summed E-state index contributed by atoms with van der Waals surface area (Å²) in [6, 6.07) is 6.80. The fourth-order valence-electron chi connectivity index (χ4n) is 3.01. The molecule has 1 saturated carbocycles. The van der Waals surface area contributed by atoms with Crippen LogP contribution in [0.25, 0.3) is 5.73 Å². The Balaban J connectivity index is -0.000000353. The van der Waals surface area contributed by atoms with Gasteiger partial charge in [-0.25, -0.2) is 12.1 Å². The summed E-state index contributed by atoms with van der Waals surface area (Å²) >= 11 is 0. The van der Waals surface area contributed by atoms with E-state index in [0.29, 0.717) is 0 Å². The molecule has 0 aromatic heterocycles. The predicted octanol–water partition coefficient (Wildman–Crippen LogP) is 0.994. The molecule has 4 heteroatoms. The van der Waals surface area contributed by atoms with Crippen molar-refractivity contribution < 1.29 is 46.5 Å². The van der Waals surface area contributed by atoms with Gasteiger partial charge in [-0.05, 0) is 0 Å². The van der Waals surface area contributed by atoms with Crippen LogP contribution in [0.5, 0.6) is 0 Å². The van der Waals surface area contributed by atoms with Crippen LogP contribution in [-0.2, 0) is 28.1 Å². The molecular formula is C20H35Cl2NTi. The van der Waals surface area contributed by atoms with Gasteiger partial charge in [-0.15, -0.1) is 6.04 Å². The second kappa shape index (κ2) is 19.9. The summed E-state index contributed by atoms with van der Waals surface area (Å²) in [4.78, 5) is 0. The maximum Gasteiger partial charge on any atom is 4.00 e. The van der Waals surface area contributed by atoms with Crippen molar-refractivity contribution in [2.75, 3.05) is 0 Å². The van der Waals surface area contributed by atoms with Crippen LogP contribution in [0.3, 0.4) is 0 Å². The van der Waals surface area contributed by atoms with E-state index < -0.39 is 0 Å². The monoisotopic (exact) mass is 407 g/mol. The molecule has 0 radical (unpaired) electrons. The Bertz CT molecular complexity index is 343. The first-order valence-electron chi connectivity index (χ1n) is 9.15. The fraction of sp³-hybridized carbons (Fsp3) is 0.750. The van der Waals surface area contributed by atoms with Crippen molar-refractivity contribution >= 4 is 0 Å². The van der Waals surface area contributed by atoms with Crippen molar-refractivity contribution in [2.24, 2.45) is 0 Å². The molecule has 0 saturated heterocycles. The Labute approximate surface area is 178 Å². The summed E-state index contributed by atoms with van der Waals surface area (Å²) in [6.07, 6.45) is 15.9. The van der Waals surface area contributed by atoms with Crippen molar-refractivity contribution in [3.05, 3.63) is 35.1 Å². The van der Waals surface area contributed by atoms with Gasteiger partial charge in [0.2, 0.25) is 0 Å². The van der Waals surface area contributed by atoms with E-state index in [1.165, 1.54) is 68.9 Å². The van der Waals surface area contributed by atoms with E-state index in [-0.39, 0.29) is 52.6 Å². The molecule has 1 aliphatic rings. The molecule has 1 nitrogen and oxygen atoms in total. The Morgan fingerprint density at radius 1 is 0.875 bits per heavy atom. The summed E-state index contributed by atoms with van der Waals surface area (Å²) in [7, 11) is 0. The zero-order valence-electron chi connectivity index (χ0n) is 15.6. The number of aryl methyl sites for hydroxylation is 2. The first-order chi connectivity index (χ1) is 10.2. The van der Waals surface area contributed by atoms with Crippen LogP contribution in [-0.4, -0.2) is 6.04 Å². The second-order valence-electron chi connectivity index (χ2n) is 6.61. The molecule has 1 N–H and O–H groups in total. The van der Waals surface area contributed by atoms with Crippen LogP contribution in [0.4, 0.5) is 0 Å². The van der Waals surface area contributed by atoms with Gasteiger partial charge in [-0.1, -0.05) is 90.9 Å². The van der Waals surface area contributed by atoms with Gasteiger partial charge >= 0.3 is 21.7 Å². The quantitative estimate of drug-likeness (QED) is 0.489. The van der Waals surface area contributed by atoms with Crippen LogP contribution in [0.1, 0.15) is 88.7 Å². The van der Waals surface area contributed by atoms with E-state index in [4.69, 9.17) is 5.73 Å². The van der Waals surface area contributed by atoms with Crippen molar-refractivity contribution in [3.8, 4) is 0 Å². The Hall–Kier alpha value is 0.604. The predicted molar refractivity (Wildman–Crippen MR) is 95.0 cm³/mol. The minimum absolute atomic E-state index is 0. The van der Waals surface area contributed by atoms with Crippen molar-refractivity contribution in [2.45, 2.75) is 96.9 Å². The second-order valence-corrected chi connectivity index (χ2v) is 6.61. The SMILES string of the molecule is CCc1ccc(C)[cH-]1.[Cl-].[Cl-].[NH-]C1CCCCCCCCCCC1.[Ti+4]. The normalized spacial score (nSPS) is 16.6. The molecule has 0 aliphatic heterocycles. The number of hydrogen-bond donors (Lipinski definition) is 0. The molecule has 0 atom stereocenters. The molecule has 24 heavy (non-hydrogen) atoms.